The zero-order valence-electron chi connectivity index (χ0n) is 31.3. The second-order valence-electron chi connectivity index (χ2n) is 13.0. The third-order valence-corrected chi connectivity index (χ3v) is 11.5. The van der Waals surface area contributed by atoms with E-state index >= 15 is 0 Å². The van der Waals surface area contributed by atoms with Crippen LogP contribution >= 0.6 is 0 Å². The minimum absolute atomic E-state index is 0. The van der Waals surface area contributed by atoms with Crippen molar-refractivity contribution >= 4 is 64.5 Å². The number of rotatable bonds is 8. The molecule has 0 amide bonds. The first kappa shape index (κ1) is 42.9. The van der Waals surface area contributed by atoms with Gasteiger partial charge in [-0.25, -0.2) is 16.8 Å². The van der Waals surface area contributed by atoms with Gasteiger partial charge in [-0.2, -0.15) is 0 Å². The van der Waals surface area contributed by atoms with E-state index in [0.717, 1.165) is 11.1 Å². The first-order chi connectivity index (χ1) is 26.9. The van der Waals surface area contributed by atoms with Crippen LogP contribution in [0, 0.1) is 0 Å². The van der Waals surface area contributed by atoms with Crippen molar-refractivity contribution in [2.45, 2.75) is 9.79 Å². The maximum atomic E-state index is 12.4. The van der Waals surface area contributed by atoms with Gasteiger partial charge in [0.1, 0.15) is 20.2 Å². The number of hydrogen-bond acceptors (Lipinski definition) is 10. The maximum absolute atomic E-state index is 12.4. The van der Waals surface area contributed by atoms with Gasteiger partial charge in [-0.05, 0) is 52.6 Å². The molecule has 4 N–H and O–H groups in total. The van der Waals surface area contributed by atoms with Crippen molar-refractivity contribution in [3.8, 4) is 44.5 Å². The predicted octanol–water partition coefficient (Wildman–Crippen LogP) is 4.06. The van der Waals surface area contributed by atoms with Crippen molar-refractivity contribution in [3.63, 3.8) is 0 Å². The average molecular weight is 821 g/mol. The summed E-state index contributed by atoms with van der Waals surface area (Å²) in [6.45, 7) is 0. The molecule has 0 aliphatic carbocycles. The van der Waals surface area contributed by atoms with Gasteiger partial charge in [0, 0.05) is 55.2 Å². The van der Waals surface area contributed by atoms with Gasteiger partial charge in [-0.3, -0.25) is 0 Å². The third-order valence-electron chi connectivity index (χ3n) is 9.70. The van der Waals surface area contributed by atoms with E-state index in [9.17, 15) is 25.9 Å². The molecular weight excluding hydrogens is 791 g/mol. The Hall–Kier alpha value is -4.70. The molecule has 0 saturated carbocycles. The summed E-state index contributed by atoms with van der Waals surface area (Å²) in [5.41, 5.74) is 19.8. The molecule has 0 aliphatic rings. The summed E-state index contributed by atoms with van der Waals surface area (Å²) in [5.74, 6) is 0. The molecule has 0 radical (unpaired) electrons. The van der Waals surface area contributed by atoms with Gasteiger partial charge in [0.25, 0.3) is 0 Å². The van der Waals surface area contributed by atoms with Gasteiger partial charge in [0.05, 0.1) is 21.2 Å². The molecule has 0 bridgehead atoms. The number of nitrogens with zero attached hydrogens (tertiary/aromatic N) is 2. The molecule has 0 unspecified atom stereocenters. The summed E-state index contributed by atoms with van der Waals surface area (Å²) >= 11 is 0. The average Bonchev–Trinajstić information content (AvgIpc) is 3.20. The molecule has 8 aromatic carbocycles. The molecule has 8 aromatic rings. The first-order valence-electron chi connectivity index (χ1n) is 17.2. The Balaban J connectivity index is 0.00000283. The van der Waals surface area contributed by atoms with E-state index in [1.54, 1.807) is 66.7 Å². The van der Waals surface area contributed by atoms with Gasteiger partial charge in [0.15, 0.2) is 0 Å². The van der Waals surface area contributed by atoms with Gasteiger partial charge in [0.2, 0.25) is 0 Å². The smallest absolute Gasteiger partial charge is 0.744 e. The maximum Gasteiger partial charge on any atom is 1.00 e. The quantitative estimate of drug-likeness (QED) is 0.0993. The zero-order valence-corrected chi connectivity index (χ0v) is 37.0. The Morgan fingerprint density at radius 2 is 0.741 bits per heavy atom. The van der Waals surface area contributed by atoms with Crippen LogP contribution in [0.3, 0.4) is 0 Å². The van der Waals surface area contributed by atoms with Gasteiger partial charge < -0.3 is 20.6 Å². The van der Waals surface area contributed by atoms with Crippen molar-refractivity contribution in [1.29, 1.82) is 0 Å². The SMILES string of the molecule is Nc1c(-c2cccc(-c3ccccc3N=Nc3ccccc3-c3ccccc3-c3cc(S(=O)(=O)[O-])c4ccccc4c3N)c2)cc(S(=O)(=O)[O-])c2ccccc12.[Na+].[Na+]. The fourth-order valence-electron chi connectivity index (χ4n) is 7.11. The second kappa shape index (κ2) is 17.3. The molecule has 276 valence electrons. The van der Waals surface area contributed by atoms with Crippen LogP contribution in [0.5, 0.6) is 0 Å². The summed E-state index contributed by atoms with van der Waals surface area (Å²) < 4.78 is 74.3. The third kappa shape index (κ3) is 8.27. The molecule has 10 nitrogen and oxygen atoms in total. The number of benzene rings is 8. The van der Waals surface area contributed by atoms with Crippen LogP contribution in [0.1, 0.15) is 0 Å². The van der Waals surface area contributed by atoms with Crippen LogP contribution in [0.25, 0.3) is 66.1 Å². The van der Waals surface area contributed by atoms with Crippen LogP contribution in [-0.4, -0.2) is 25.9 Å². The van der Waals surface area contributed by atoms with E-state index in [-0.39, 0.29) is 79.7 Å². The summed E-state index contributed by atoms with van der Waals surface area (Å²) in [6.07, 6.45) is 0. The molecule has 0 spiro atoms. The minimum atomic E-state index is -4.85. The van der Waals surface area contributed by atoms with Crippen LogP contribution in [-0.2, 0) is 20.2 Å². The fourth-order valence-corrected chi connectivity index (χ4v) is 8.53. The normalized spacial score (nSPS) is 11.7. The number of nitrogen functional groups attached to an aromatic ring is 2. The van der Waals surface area contributed by atoms with Crippen molar-refractivity contribution in [2.24, 2.45) is 10.2 Å². The Kier molecular flexibility index (Phi) is 12.8. The van der Waals surface area contributed by atoms with E-state index < -0.39 is 20.2 Å². The number of azo groups is 1. The van der Waals surface area contributed by atoms with E-state index in [4.69, 9.17) is 16.6 Å². The summed E-state index contributed by atoms with van der Waals surface area (Å²) in [6, 6.07) is 45.3. The Bertz CT molecular complexity index is 3140. The van der Waals surface area contributed by atoms with E-state index in [1.165, 1.54) is 12.1 Å². The summed E-state index contributed by atoms with van der Waals surface area (Å²) in [5, 5.41) is 10.8. The molecule has 14 heteroatoms. The van der Waals surface area contributed by atoms with Crippen molar-refractivity contribution < 1.29 is 85.1 Å². The van der Waals surface area contributed by atoms with Crippen molar-refractivity contribution in [2.75, 3.05) is 11.5 Å². The molecule has 0 fully saturated rings. The Labute approximate surface area is 379 Å². The van der Waals surface area contributed by atoms with Gasteiger partial charge >= 0.3 is 59.1 Å². The van der Waals surface area contributed by atoms with Crippen molar-refractivity contribution in [3.05, 3.63) is 158 Å². The number of anilines is 2. The van der Waals surface area contributed by atoms with Crippen molar-refractivity contribution in [1.82, 2.24) is 0 Å². The molecule has 0 atom stereocenters. The number of nitrogens with two attached hydrogens (primary N) is 2. The summed E-state index contributed by atoms with van der Waals surface area (Å²) in [7, 11) is -9.66. The zero-order chi connectivity index (χ0) is 39.2. The Morgan fingerprint density at radius 1 is 0.379 bits per heavy atom. The van der Waals surface area contributed by atoms with Crippen LogP contribution < -0.4 is 70.6 Å². The van der Waals surface area contributed by atoms with E-state index in [1.807, 2.05) is 78.9 Å². The topological polar surface area (TPSA) is 191 Å². The Morgan fingerprint density at radius 3 is 1.26 bits per heavy atom. The van der Waals surface area contributed by atoms with E-state index in [2.05, 4.69) is 5.11 Å². The molecule has 0 aromatic heterocycles. The second-order valence-corrected chi connectivity index (χ2v) is 15.7. The minimum Gasteiger partial charge on any atom is -0.744 e. The molecule has 0 saturated heterocycles. The van der Waals surface area contributed by atoms with Crippen LogP contribution in [0.2, 0.25) is 0 Å². The van der Waals surface area contributed by atoms with E-state index in [0.29, 0.717) is 66.9 Å². The molecule has 0 aliphatic heterocycles. The molecule has 8 rings (SSSR count). The monoisotopic (exact) mass is 820 g/mol. The van der Waals surface area contributed by atoms with Crippen LogP contribution in [0.15, 0.2) is 178 Å². The van der Waals surface area contributed by atoms with Gasteiger partial charge in [-0.1, -0.05) is 127 Å². The van der Waals surface area contributed by atoms with Crippen LogP contribution in [0.4, 0.5) is 22.7 Å². The standard InChI is InChI=1S/C44H32N4O6S2.2Na/c45-43-35-20-5-3-18-33(35)41(55(49,50)51)25-37(43)28-13-11-12-27(24-28)29-14-7-9-22-39(29)47-48-40-23-10-8-17-32(40)30-15-1-2-16-31(30)38-26-42(56(52,53)54)34-19-4-6-21-36(34)44(38)46;;/h1-26H,45-46H2,(H,49,50,51)(H,52,53,54);;/q;2*+1/p-2. The largest absolute Gasteiger partial charge is 1.00 e. The molecule has 58 heavy (non-hydrogen) atoms. The molecular formula is C44H30N4Na2O6S2. The summed E-state index contributed by atoms with van der Waals surface area (Å²) in [4.78, 5) is -0.712. The fraction of sp³-hybridized carbons (Fsp3) is 0. The molecule has 0 heterocycles. The number of hydrogen-bond donors (Lipinski definition) is 2. The predicted molar refractivity (Wildman–Crippen MR) is 219 cm³/mol. The van der Waals surface area contributed by atoms with Gasteiger partial charge in [-0.15, -0.1) is 10.2 Å². The first-order valence-corrected chi connectivity index (χ1v) is 20.1. The number of fused-ring (bicyclic) bond motifs is 2.